The van der Waals surface area contributed by atoms with Crippen molar-refractivity contribution in [3.05, 3.63) is 33.8 Å². The fourth-order valence-electron chi connectivity index (χ4n) is 2.43. The van der Waals surface area contributed by atoms with Crippen molar-refractivity contribution in [1.82, 2.24) is 0 Å². The fourth-order valence-corrected chi connectivity index (χ4v) is 2.80. The molecule has 0 saturated carbocycles. The van der Waals surface area contributed by atoms with E-state index in [0.717, 1.165) is 25.9 Å². The van der Waals surface area contributed by atoms with E-state index in [1.807, 2.05) is 0 Å². The lowest BCUT2D eigenvalue weighted by molar-refractivity contribution is 0.00739. The molecule has 0 radical (unpaired) electrons. The maximum atomic E-state index is 13.8. The van der Waals surface area contributed by atoms with E-state index in [1.165, 1.54) is 12.1 Å². The third kappa shape index (κ3) is 3.97. The molecule has 5 heteroatoms. The molecular weight excluding hydrogens is 316 g/mol. The molecule has 1 aliphatic heterocycles. The monoisotopic (exact) mass is 333 g/mol. The van der Waals surface area contributed by atoms with Crippen LogP contribution < -0.4 is 5.73 Å². The predicted molar refractivity (Wildman–Crippen MR) is 73.9 cm³/mol. The van der Waals surface area contributed by atoms with Gasteiger partial charge in [-0.3, -0.25) is 0 Å². The van der Waals surface area contributed by atoms with Crippen LogP contribution in [-0.4, -0.2) is 18.8 Å². The van der Waals surface area contributed by atoms with Crippen LogP contribution in [0, 0.1) is 11.6 Å². The van der Waals surface area contributed by atoms with E-state index in [-0.39, 0.29) is 28.6 Å². The van der Waals surface area contributed by atoms with Crippen molar-refractivity contribution in [3.63, 3.8) is 0 Å². The van der Waals surface area contributed by atoms with Gasteiger partial charge in [0, 0.05) is 18.2 Å². The molecule has 2 atom stereocenters. The average molecular weight is 334 g/mol. The summed E-state index contributed by atoms with van der Waals surface area (Å²) in [7, 11) is 0. The van der Waals surface area contributed by atoms with Gasteiger partial charge in [-0.2, -0.15) is 0 Å². The van der Waals surface area contributed by atoms with Gasteiger partial charge in [0.15, 0.2) is 0 Å². The van der Waals surface area contributed by atoms with Crippen LogP contribution in [0.5, 0.6) is 0 Å². The molecule has 0 bridgehead atoms. The predicted octanol–water partition coefficient (Wildman–Crippen LogP) is 3.56. The summed E-state index contributed by atoms with van der Waals surface area (Å²) in [5.74, 6) is -1.10. The normalized spacial score (nSPS) is 21.4. The first-order valence-electron chi connectivity index (χ1n) is 6.57. The Balaban J connectivity index is 1.98. The summed E-state index contributed by atoms with van der Waals surface area (Å²) in [4.78, 5) is 0. The van der Waals surface area contributed by atoms with Crippen LogP contribution in [0.2, 0.25) is 0 Å². The van der Waals surface area contributed by atoms with E-state index in [4.69, 9.17) is 10.5 Å². The molecule has 0 aliphatic carbocycles. The van der Waals surface area contributed by atoms with Gasteiger partial charge in [-0.15, -0.1) is 0 Å². The second kappa shape index (κ2) is 6.77. The lowest BCUT2D eigenvalue weighted by Crippen LogP contribution is -2.32. The molecule has 1 fully saturated rings. The van der Waals surface area contributed by atoms with Gasteiger partial charge in [0.25, 0.3) is 0 Å². The Morgan fingerprint density at radius 3 is 2.84 bits per heavy atom. The maximum Gasteiger partial charge on any atom is 0.143 e. The molecule has 2 nitrogen and oxygen atoms in total. The van der Waals surface area contributed by atoms with Gasteiger partial charge in [0.2, 0.25) is 0 Å². The molecule has 0 spiro atoms. The van der Waals surface area contributed by atoms with Crippen molar-refractivity contribution in [2.24, 2.45) is 5.73 Å². The summed E-state index contributed by atoms with van der Waals surface area (Å²) in [5.41, 5.74) is 6.05. The van der Waals surface area contributed by atoms with Crippen LogP contribution in [0.3, 0.4) is 0 Å². The number of halogens is 3. The van der Waals surface area contributed by atoms with E-state index < -0.39 is 11.6 Å². The van der Waals surface area contributed by atoms with Crippen LogP contribution in [0.15, 0.2) is 16.6 Å². The van der Waals surface area contributed by atoms with Gasteiger partial charge in [0.05, 0.1) is 10.6 Å². The lowest BCUT2D eigenvalue weighted by Gasteiger charge is -2.25. The van der Waals surface area contributed by atoms with Crippen molar-refractivity contribution in [1.29, 1.82) is 0 Å². The molecule has 2 unspecified atom stereocenters. The molecule has 2 rings (SSSR count). The molecular formula is C14H18BrF2NO. The Bertz CT molecular complexity index is 436. The molecule has 0 amide bonds. The average Bonchev–Trinajstić information content (AvgIpc) is 2.40. The largest absolute Gasteiger partial charge is 0.378 e. The number of rotatable bonds is 4. The minimum atomic E-state index is -0.556. The third-order valence-corrected chi connectivity index (χ3v) is 4.06. The second-order valence-corrected chi connectivity index (χ2v) is 5.86. The molecule has 1 heterocycles. The van der Waals surface area contributed by atoms with Crippen molar-refractivity contribution in [3.8, 4) is 0 Å². The Morgan fingerprint density at radius 1 is 1.37 bits per heavy atom. The summed E-state index contributed by atoms with van der Waals surface area (Å²) >= 11 is 3.06. The lowest BCUT2D eigenvalue weighted by atomic mass is 9.97. The summed E-state index contributed by atoms with van der Waals surface area (Å²) in [5, 5.41) is 0. The first-order chi connectivity index (χ1) is 9.08. The smallest absolute Gasteiger partial charge is 0.143 e. The molecule has 1 aromatic carbocycles. The Hall–Kier alpha value is -0.520. The van der Waals surface area contributed by atoms with Crippen molar-refractivity contribution < 1.29 is 13.5 Å². The first kappa shape index (κ1) is 14.9. The second-order valence-electron chi connectivity index (χ2n) is 5.01. The van der Waals surface area contributed by atoms with E-state index >= 15 is 0 Å². The highest BCUT2D eigenvalue weighted by molar-refractivity contribution is 9.10. The minimum absolute atomic E-state index is 0.0534. The SMILES string of the molecule is NC(Cc1c(F)ccc(Br)c1F)CC1CCCCO1. The number of benzene rings is 1. The number of hydrogen-bond donors (Lipinski definition) is 1. The quantitative estimate of drug-likeness (QED) is 0.855. The van der Waals surface area contributed by atoms with Gasteiger partial charge >= 0.3 is 0 Å². The maximum absolute atomic E-state index is 13.8. The highest BCUT2D eigenvalue weighted by Gasteiger charge is 2.20. The molecule has 0 aromatic heterocycles. The highest BCUT2D eigenvalue weighted by atomic mass is 79.9. The van der Waals surface area contributed by atoms with E-state index in [0.29, 0.717) is 6.42 Å². The van der Waals surface area contributed by atoms with Crippen LogP contribution in [0.1, 0.15) is 31.2 Å². The number of ether oxygens (including phenoxy) is 1. The summed E-state index contributed by atoms with van der Waals surface area (Å²) in [6.07, 6.45) is 4.17. The third-order valence-electron chi connectivity index (χ3n) is 3.44. The van der Waals surface area contributed by atoms with Crippen LogP contribution in [0.4, 0.5) is 8.78 Å². The van der Waals surface area contributed by atoms with Gasteiger partial charge < -0.3 is 10.5 Å². The van der Waals surface area contributed by atoms with Gasteiger partial charge in [-0.1, -0.05) is 0 Å². The molecule has 19 heavy (non-hydrogen) atoms. The highest BCUT2D eigenvalue weighted by Crippen LogP contribution is 2.24. The van der Waals surface area contributed by atoms with Gasteiger partial charge in [-0.05, 0) is 60.2 Å². The molecule has 2 N–H and O–H groups in total. The Labute approximate surface area is 120 Å². The summed E-state index contributed by atoms with van der Waals surface area (Å²) in [6.45, 7) is 0.761. The standard InChI is InChI=1S/C14H18BrF2NO/c15-12-4-5-13(16)11(14(12)17)8-9(18)7-10-3-1-2-6-19-10/h4-5,9-10H,1-3,6-8,18H2. The Morgan fingerprint density at radius 2 is 2.16 bits per heavy atom. The van der Waals surface area contributed by atoms with Crippen molar-refractivity contribution in [2.75, 3.05) is 6.61 Å². The van der Waals surface area contributed by atoms with Crippen molar-refractivity contribution >= 4 is 15.9 Å². The fraction of sp³-hybridized carbons (Fsp3) is 0.571. The van der Waals surface area contributed by atoms with Crippen LogP contribution >= 0.6 is 15.9 Å². The van der Waals surface area contributed by atoms with Gasteiger partial charge in [-0.25, -0.2) is 8.78 Å². The Kier molecular flexibility index (Phi) is 5.30. The number of hydrogen-bond acceptors (Lipinski definition) is 2. The van der Waals surface area contributed by atoms with Crippen LogP contribution in [0.25, 0.3) is 0 Å². The zero-order valence-electron chi connectivity index (χ0n) is 10.7. The zero-order chi connectivity index (χ0) is 13.8. The van der Waals surface area contributed by atoms with E-state index in [2.05, 4.69) is 15.9 Å². The molecule has 1 aliphatic rings. The molecule has 1 aromatic rings. The minimum Gasteiger partial charge on any atom is -0.378 e. The summed E-state index contributed by atoms with van der Waals surface area (Å²) in [6, 6.07) is 2.33. The topological polar surface area (TPSA) is 35.2 Å². The van der Waals surface area contributed by atoms with E-state index in [1.54, 1.807) is 0 Å². The summed E-state index contributed by atoms with van der Waals surface area (Å²) < 4.78 is 33.3. The van der Waals surface area contributed by atoms with Crippen molar-refractivity contribution in [2.45, 2.75) is 44.2 Å². The molecule has 106 valence electrons. The molecule has 1 saturated heterocycles. The van der Waals surface area contributed by atoms with Gasteiger partial charge in [0.1, 0.15) is 11.6 Å². The zero-order valence-corrected chi connectivity index (χ0v) is 12.3. The van der Waals surface area contributed by atoms with Crippen LogP contribution in [-0.2, 0) is 11.2 Å². The first-order valence-corrected chi connectivity index (χ1v) is 7.36. The number of nitrogens with two attached hydrogens (primary N) is 1. The van der Waals surface area contributed by atoms with E-state index in [9.17, 15) is 8.78 Å².